The van der Waals surface area contributed by atoms with Gasteiger partial charge in [0.15, 0.2) is 0 Å². The molecule has 0 heterocycles. The topological polar surface area (TPSA) is 78.4 Å². The predicted octanol–water partition coefficient (Wildman–Crippen LogP) is 1.01. The van der Waals surface area contributed by atoms with E-state index in [4.69, 9.17) is 0 Å². The number of carbonyl (C=O) groups is 2. The average Bonchev–Trinajstić information content (AvgIpc) is 2.42. The van der Waals surface area contributed by atoms with E-state index >= 15 is 0 Å². The zero-order valence-electron chi connectivity index (χ0n) is 12.9. The minimum absolute atomic E-state index is 0.0149. The van der Waals surface area contributed by atoms with E-state index in [1.807, 2.05) is 13.8 Å². The van der Waals surface area contributed by atoms with Gasteiger partial charge in [-0.2, -0.15) is 0 Å². The minimum Gasteiger partial charge on any atom is -0.391 e. The third kappa shape index (κ3) is 7.73. The quantitative estimate of drug-likeness (QED) is 0.670. The Morgan fingerprint density at radius 3 is 2.59 bits per heavy atom. The van der Waals surface area contributed by atoms with Crippen LogP contribution in [0.3, 0.4) is 0 Å². The Morgan fingerprint density at radius 1 is 1.23 bits per heavy atom. The van der Waals surface area contributed by atoms with Crippen molar-refractivity contribution in [2.45, 2.75) is 32.8 Å². The van der Waals surface area contributed by atoms with Crippen LogP contribution >= 0.6 is 0 Å². The second kappa shape index (κ2) is 9.15. The molecule has 1 aromatic carbocycles. The summed E-state index contributed by atoms with van der Waals surface area (Å²) in [4.78, 5) is 23.2. The molecule has 0 aromatic heterocycles. The lowest BCUT2D eigenvalue weighted by Gasteiger charge is -2.14. The summed E-state index contributed by atoms with van der Waals surface area (Å²) in [5, 5.41) is 14.6. The molecule has 1 atom stereocenters. The van der Waals surface area contributed by atoms with E-state index in [0.29, 0.717) is 17.9 Å². The number of carbonyl (C=O) groups excluding carboxylic acids is 2. The number of amides is 2. The molecule has 6 heteroatoms. The lowest BCUT2D eigenvalue weighted by Crippen LogP contribution is -2.40. The van der Waals surface area contributed by atoms with Crippen LogP contribution in [-0.2, 0) is 16.0 Å². The Hall–Kier alpha value is -1.95. The summed E-state index contributed by atoms with van der Waals surface area (Å²) in [6.07, 6.45) is 0.0275. The Balaban J connectivity index is 2.24. The number of hydrogen-bond acceptors (Lipinski definition) is 3. The first-order valence-corrected chi connectivity index (χ1v) is 7.32. The fourth-order valence-electron chi connectivity index (χ4n) is 2.00. The molecule has 1 aromatic rings. The van der Waals surface area contributed by atoms with Gasteiger partial charge in [0, 0.05) is 6.54 Å². The van der Waals surface area contributed by atoms with Crippen LogP contribution in [0.15, 0.2) is 24.3 Å². The third-order valence-electron chi connectivity index (χ3n) is 2.98. The van der Waals surface area contributed by atoms with E-state index < -0.39 is 11.9 Å². The smallest absolute Gasteiger partial charge is 0.239 e. The summed E-state index contributed by atoms with van der Waals surface area (Å²) >= 11 is 0. The van der Waals surface area contributed by atoms with Gasteiger partial charge in [-0.15, -0.1) is 0 Å². The van der Waals surface area contributed by atoms with E-state index in [1.165, 1.54) is 18.2 Å². The number of hydrogen-bond donors (Lipinski definition) is 3. The molecule has 0 aliphatic heterocycles. The lowest BCUT2D eigenvalue weighted by molar-refractivity contribution is -0.126. The molecule has 122 valence electrons. The first-order chi connectivity index (χ1) is 10.4. The number of nitrogens with one attached hydrogen (secondary N) is 2. The van der Waals surface area contributed by atoms with Crippen LogP contribution < -0.4 is 10.6 Å². The fourth-order valence-corrected chi connectivity index (χ4v) is 2.00. The van der Waals surface area contributed by atoms with Crippen molar-refractivity contribution in [3.63, 3.8) is 0 Å². The van der Waals surface area contributed by atoms with Crippen molar-refractivity contribution in [2.24, 2.45) is 5.92 Å². The van der Waals surface area contributed by atoms with Gasteiger partial charge in [0.2, 0.25) is 11.8 Å². The van der Waals surface area contributed by atoms with Crippen molar-refractivity contribution >= 4 is 11.8 Å². The van der Waals surface area contributed by atoms with E-state index in [-0.39, 0.29) is 31.3 Å². The monoisotopic (exact) mass is 310 g/mol. The molecular formula is C16H23FN2O3. The maximum absolute atomic E-state index is 13.0. The summed E-state index contributed by atoms with van der Waals surface area (Å²) < 4.78 is 13.0. The minimum atomic E-state index is -0.591. The van der Waals surface area contributed by atoms with Gasteiger partial charge in [-0.05, 0) is 30.0 Å². The summed E-state index contributed by atoms with van der Waals surface area (Å²) in [7, 11) is 0. The normalized spacial score (nSPS) is 12.0. The van der Waals surface area contributed by atoms with E-state index in [9.17, 15) is 19.1 Å². The third-order valence-corrected chi connectivity index (χ3v) is 2.98. The predicted molar refractivity (Wildman–Crippen MR) is 81.6 cm³/mol. The zero-order valence-corrected chi connectivity index (χ0v) is 12.9. The molecule has 0 saturated carbocycles. The second-order valence-corrected chi connectivity index (χ2v) is 5.67. The number of benzene rings is 1. The fraction of sp³-hybridized carbons (Fsp3) is 0.500. The first-order valence-electron chi connectivity index (χ1n) is 7.32. The van der Waals surface area contributed by atoms with Crippen LogP contribution in [0.4, 0.5) is 4.39 Å². The van der Waals surface area contributed by atoms with Crippen molar-refractivity contribution in [3.05, 3.63) is 35.6 Å². The highest BCUT2D eigenvalue weighted by molar-refractivity contribution is 5.85. The van der Waals surface area contributed by atoms with Gasteiger partial charge < -0.3 is 15.7 Å². The van der Waals surface area contributed by atoms with Gasteiger partial charge in [0.1, 0.15) is 5.82 Å². The molecule has 0 aliphatic rings. The van der Waals surface area contributed by atoms with Crippen molar-refractivity contribution in [1.82, 2.24) is 10.6 Å². The molecule has 1 rings (SSSR count). The van der Waals surface area contributed by atoms with Crippen molar-refractivity contribution in [2.75, 3.05) is 13.1 Å². The van der Waals surface area contributed by atoms with Crippen LogP contribution in [0, 0.1) is 11.7 Å². The second-order valence-electron chi connectivity index (χ2n) is 5.67. The molecule has 0 saturated heterocycles. The summed E-state index contributed by atoms with van der Waals surface area (Å²) in [5.74, 6) is -0.779. The standard InChI is InChI=1S/C16H23FN2O3/c1-11(2)6-14(20)9-18-16(22)10-19-15(21)8-12-4-3-5-13(17)7-12/h3-5,7,11,14,20H,6,8-10H2,1-2H3,(H,18,22)(H,19,21). The van der Waals surface area contributed by atoms with Crippen molar-refractivity contribution in [3.8, 4) is 0 Å². The number of halogens is 1. The van der Waals surface area contributed by atoms with Crippen LogP contribution in [0.1, 0.15) is 25.8 Å². The van der Waals surface area contributed by atoms with Crippen LogP contribution in [0.2, 0.25) is 0 Å². The van der Waals surface area contributed by atoms with Crippen molar-refractivity contribution in [1.29, 1.82) is 0 Å². The number of aliphatic hydroxyl groups is 1. The van der Waals surface area contributed by atoms with Gasteiger partial charge in [-0.1, -0.05) is 26.0 Å². The zero-order chi connectivity index (χ0) is 16.5. The summed E-state index contributed by atoms with van der Waals surface area (Å²) in [5.41, 5.74) is 0.547. The van der Waals surface area contributed by atoms with Gasteiger partial charge in [-0.3, -0.25) is 9.59 Å². The Kier molecular flexibility index (Phi) is 7.52. The number of aliphatic hydroxyl groups excluding tert-OH is 1. The lowest BCUT2D eigenvalue weighted by atomic mass is 10.1. The van der Waals surface area contributed by atoms with Gasteiger partial charge >= 0.3 is 0 Å². The first kappa shape index (κ1) is 18.1. The Morgan fingerprint density at radius 2 is 1.95 bits per heavy atom. The summed E-state index contributed by atoms with van der Waals surface area (Å²) in [6, 6.07) is 5.75. The summed E-state index contributed by atoms with van der Waals surface area (Å²) in [6.45, 7) is 3.97. The van der Waals surface area contributed by atoms with Crippen LogP contribution in [0.25, 0.3) is 0 Å². The van der Waals surface area contributed by atoms with Crippen LogP contribution in [-0.4, -0.2) is 36.1 Å². The average molecular weight is 310 g/mol. The highest BCUT2D eigenvalue weighted by atomic mass is 19.1. The Bertz CT molecular complexity index is 506. The molecule has 3 N–H and O–H groups in total. The molecular weight excluding hydrogens is 287 g/mol. The molecule has 0 aliphatic carbocycles. The highest BCUT2D eigenvalue weighted by Gasteiger charge is 2.10. The molecule has 5 nitrogen and oxygen atoms in total. The molecule has 0 radical (unpaired) electrons. The van der Waals surface area contributed by atoms with E-state index in [2.05, 4.69) is 10.6 Å². The highest BCUT2D eigenvalue weighted by Crippen LogP contribution is 2.04. The molecule has 22 heavy (non-hydrogen) atoms. The largest absolute Gasteiger partial charge is 0.391 e. The maximum Gasteiger partial charge on any atom is 0.239 e. The van der Waals surface area contributed by atoms with E-state index in [1.54, 1.807) is 6.07 Å². The van der Waals surface area contributed by atoms with Gasteiger partial charge in [0.05, 0.1) is 19.1 Å². The molecule has 2 amide bonds. The van der Waals surface area contributed by atoms with Crippen molar-refractivity contribution < 1.29 is 19.1 Å². The molecule has 0 spiro atoms. The van der Waals surface area contributed by atoms with E-state index in [0.717, 1.165) is 0 Å². The van der Waals surface area contributed by atoms with Gasteiger partial charge in [0.25, 0.3) is 0 Å². The molecule has 0 fully saturated rings. The molecule has 0 bridgehead atoms. The number of rotatable bonds is 8. The SMILES string of the molecule is CC(C)CC(O)CNC(=O)CNC(=O)Cc1cccc(F)c1. The molecule has 1 unspecified atom stereocenters. The maximum atomic E-state index is 13.0. The Labute approximate surface area is 129 Å². The van der Waals surface area contributed by atoms with Crippen LogP contribution in [0.5, 0.6) is 0 Å². The van der Waals surface area contributed by atoms with Gasteiger partial charge in [-0.25, -0.2) is 4.39 Å².